The monoisotopic (exact) mass is 463 g/mol. The van der Waals surface area contributed by atoms with Crippen molar-refractivity contribution < 1.29 is 19.1 Å². The molecule has 2 atom stereocenters. The van der Waals surface area contributed by atoms with Crippen LogP contribution in [-0.2, 0) is 4.79 Å². The number of benzene rings is 1. The Kier molecular flexibility index (Phi) is 7.26. The van der Waals surface area contributed by atoms with Gasteiger partial charge in [0.2, 0.25) is 11.8 Å². The molecule has 4 rings (SSSR count). The number of primary amides is 1. The predicted octanol–water partition coefficient (Wildman–Crippen LogP) is 3.81. The van der Waals surface area contributed by atoms with Crippen molar-refractivity contribution >= 4 is 22.6 Å². The Bertz CT molecular complexity index is 1140. The van der Waals surface area contributed by atoms with Crippen LogP contribution in [0.25, 0.3) is 10.8 Å². The molecular formula is C27H33N3O4. The normalized spacial score (nSPS) is 24.3. The largest absolute Gasteiger partial charge is 0.496 e. The molecule has 1 aliphatic carbocycles. The van der Waals surface area contributed by atoms with E-state index < -0.39 is 5.91 Å². The van der Waals surface area contributed by atoms with Crippen molar-refractivity contribution in [2.45, 2.75) is 58.4 Å². The van der Waals surface area contributed by atoms with E-state index in [0.717, 1.165) is 36.1 Å². The number of pyridine rings is 1. The van der Waals surface area contributed by atoms with Crippen LogP contribution in [0.4, 0.5) is 0 Å². The zero-order valence-electron chi connectivity index (χ0n) is 20.1. The van der Waals surface area contributed by atoms with E-state index in [0.29, 0.717) is 36.0 Å². The molecule has 0 unspecified atom stereocenters. The second-order valence-corrected chi connectivity index (χ2v) is 9.52. The van der Waals surface area contributed by atoms with Gasteiger partial charge in [-0.2, -0.15) is 0 Å². The third kappa shape index (κ3) is 5.11. The standard InChI is InChI=1S/C27H33N3O4/c1-4-18-11-25(31)30-23(18)15-34-27-21-13-24(33-3)22(26(28)32)12-20(21)19(14-29-27)10-9-17-7-5-16(2)6-8-17/h12-14,16-18,23H,4-8,11,15H2,1-3H3,(H2,28,32)(H,30,31)/t16?,17?,18-,23-/m1/s1. The second-order valence-electron chi connectivity index (χ2n) is 9.52. The van der Waals surface area contributed by atoms with Crippen molar-refractivity contribution in [2.24, 2.45) is 23.5 Å². The molecule has 0 radical (unpaired) electrons. The van der Waals surface area contributed by atoms with Crippen LogP contribution in [0.1, 0.15) is 68.3 Å². The molecule has 2 heterocycles. The van der Waals surface area contributed by atoms with Crippen LogP contribution in [0.15, 0.2) is 18.3 Å². The summed E-state index contributed by atoms with van der Waals surface area (Å²) in [6.07, 6.45) is 7.71. The van der Waals surface area contributed by atoms with E-state index in [1.807, 2.05) is 0 Å². The molecule has 34 heavy (non-hydrogen) atoms. The maximum atomic E-state index is 12.1. The van der Waals surface area contributed by atoms with Gasteiger partial charge in [-0.15, -0.1) is 0 Å². The maximum Gasteiger partial charge on any atom is 0.252 e. The third-order valence-corrected chi connectivity index (χ3v) is 7.15. The van der Waals surface area contributed by atoms with Gasteiger partial charge in [-0.1, -0.05) is 32.1 Å². The van der Waals surface area contributed by atoms with Crippen LogP contribution in [0, 0.1) is 29.6 Å². The SMILES string of the molecule is CC[C@@H]1CC(=O)N[C@@H]1COc1ncc(C#CC2CCC(C)CC2)c2cc(C(N)=O)c(OC)cc12. The average molecular weight is 464 g/mol. The van der Waals surface area contributed by atoms with Crippen molar-refractivity contribution in [3.63, 3.8) is 0 Å². The van der Waals surface area contributed by atoms with Crippen LogP contribution in [0.3, 0.4) is 0 Å². The van der Waals surface area contributed by atoms with E-state index in [2.05, 4.69) is 36.0 Å². The summed E-state index contributed by atoms with van der Waals surface area (Å²) in [7, 11) is 1.50. The molecular weight excluding hydrogens is 430 g/mol. The van der Waals surface area contributed by atoms with Gasteiger partial charge in [0.1, 0.15) is 12.4 Å². The first kappa shape index (κ1) is 23.9. The van der Waals surface area contributed by atoms with Gasteiger partial charge in [0.25, 0.3) is 5.91 Å². The van der Waals surface area contributed by atoms with Crippen LogP contribution in [0.2, 0.25) is 0 Å². The summed E-state index contributed by atoms with van der Waals surface area (Å²) in [6, 6.07) is 3.38. The molecule has 2 fully saturated rings. The van der Waals surface area contributed by atoms with Crippen LogP contribution >= 0.6 is 0 Å². The number of methoxy groups -OCH3 is 1. The van der Waals surface area contributed by atoms with Crippen LogP contribution < -0.4 is 20.5 Å². The Morgan fingerprint density at radius 3 is 2.68 bits per heavy atom. The summed E-state index contributed by atoms with van der Waals surface area (Å²) in [5.41, 5.74) is 6.63. The molecule has 0 spiro atoms. The number of rotatable bonds is 6. The van der Waals surface area contributed by atoms with Gasteiger partial charge >= 0.3 is 0 Å². The summed E-state index contributed by atoms with van der Waals surface area (Å²) in [5, 5.41) is 4.44. The highest BCUT2D eigenvalue weighted by Crippen LogP contribution is 2.34. The highest BCUT2D eigenvalue weighted by molar-refractivity contribution is 6.03. The van der Waals surface area contributed by atoms with Gasteiger partial charge in [-0.05, 0) is 49.7 Å². The average Bonchev–Trinajstić information content (AvgIpc) is 3.21. The predicted molar refractivity (Wildman–Crippen MR) is 131 cm³/mol. The molecule has 2 aliphatic rings. The van der Waals surface area contributed by atoms with Gasteiger partial charge in [0, 0.05) is 29.3 Å². The third-order valence-electron chi connectivity index (χ3n) is 7.15. The fourth-order valence-corrected chi connectivity index (χ4v) is 4.94. The fourth-order valence-electron chi connectivity index (χ4n) is 4.94. The zero-order valence-corrected chi connectivity index (χ0v) is 20.1. The molecule has 0 bridgehead atoms. The molecule has 1 aliphatic heterocycles. The van der Waals surface area contributed by atoms with Crippen molar-refractivity contribution in [3.05, 3.63) is 29.5 Å². The Labute approximate surface area is 200 Å². The first-order chi connectivity index (χ1) is 16.4. The van der Waals surface area contributed by atoms with Gasteiger partial charge in [-0.3, -0.25) is 9.59 Å². The molecule has 1 saturated carbocycles. The lowest BCUT2D eigenvalue weighted by Gasteiger charge is -2.22. The Morgan fingerprint density at radius 2 is 2.00 bits per heavy atom. The van der Waals surface area contributed by atoms with Gasteiger partial charge in [0.15, 0.2) is 0 Å². The number of hydrogen-bond acceptors (Lipinski definition) is 5. The molecule has 2 aromatic rings. The number of hydrogen-bond donors (Lipinski definition) is 2. The van der Waals surface area contributed by atoms with E-state index in [4.69, 9.17) is 15.2 Å². The quantitative estimate of drug-likeness (QED) is 0.634. The lowest BCUT2D eigenvalue weighted by atomic mass is 9.83. The molecule has 180 valence electrons. The summed E-state index contributed by atoms with van der Waals surface area (Å²) >= 11 is 0. The number of amides is 2. The number of nitrogens with zero attached hydrogens (tertiary/aromatic N) is 1. The van der Waals surface area contributed by atoms with E-state index in [-0.39, 0.29) is 23.4 Å². The van der Waals surface area contributed by atoms with Crippen molar-refractivity contribution in [2.75, 3.05) is 13.7 Å². The van der Waals surface area contributed by atoms with E-state index >= 15 is 0 Å². The maximum absolute atomic E-state index is 12.1. The topological polar surface area (TPSA) is 104 Å². The van der Waals surface area contributed by atoms with E-state index in [1.54, 1.807) is 18.3 Å². The number of carbonyl (C=O) groups is 2. The fraction of sp³-hybridized carbons (Fsp3) is 0.519. The number of fused-ring (bicyclic) bond motifs is 1. The second kappa shape index (κ2) is 10.3. The lowest BCUT2D eigenvalue weighted by Crippen LogP contribution is -2.34. The van der Waals surface area contributed by atoms with Crippen molar-refractivity contribution in [1.29, 1.82) is 0 Å². The molecule has 1 aromatic carbocycles. The molecule has 2 amide bonds. The van der Waals surface area contributed by atoms with Crippen LogP contribution in [0.5, 0.6) is 11.6 Å². The van der Waals surface area contributed by atoms with Crippen molar-refractivity contribution in [1.82, 2.24) is 10.3 Å². The number of carbonyl (C=O) groups excluding carboxylic acids is 2. The first-order valence-corrected chi connectivity index (χ1v) is 12.1. The molecule has 7 nitrogen and oxygen atoms in total. The minimum absolute atomic E-state index is 0.0498. The Balaban J connectivity index is 1.69. The summed E-state index contributed by atoms with van der Waals surface area (Å²) in [4.78, 5) is 28.5. The number of nitrogens with two attached hydrogens (primary N) is 1. The highest BCUT2D eigenvalue weighted by atomic mass is 16.5. The minimum Gasteiger partial charge on any atom is -0.496 e. The summed E-state index contributed by atoms with van der Waals surface area (Å²) < 4.78 is 11.5. The molecule has 1 aromatic heterocycles. The van der Waals surface area contributed by atoms with Crippen LogP contribution in [-0.4, -0.2) is 36.6 Å². The van der Waals surface area contributed by atoms with Gasteiger partial charge in [-0.25, -0.2) is 4.98 Å². The number of nitrogens with one attached hydrogen (secondary N) is 1. The van der Waals surface area contributed by atoms with Crippen molar-refractivity contribution in [3.8, 4) is 23.5 Å². The Hall–Kier alpha value is -3.27. The zero-order chi connectivity index (χ0) is 24.2. The van der Waals surface area contributed by atoms with Gasteiger partial charge in [0.05, 0.1) is 24.3 Å². The Morgan fingerprint density at radius 1 is 1.24 bits per heavy atom. The highest BCUT2D eigenvalue weighted by Gasteiger charge is 2.31. The molecule has 1 saturated heterocycles. The minimum atomic E-state index is -0.572. The first-order valence-electron chi connectivity index (χ1n) is 12.1. The van der Waals surface area contributed by atoms with Gasteiger partial charge < -0.3 is 20.5 Å². The van der Waals surface area contributed by atoms with E-state index in [1.165, 1.54) is 20.0 Å². The number of aromatic nitrogens is 1. The summed E-state index contributed by atoms with van der Waals surface area (Å²) in [6.45, 7) is 4.68. The smallest absolute Gasteiger partial charge is 0.252 e. The molecule has 3 N–H and O–H groups in total. The number of ether oxygens (including phenoxy) is 2. The molecule has 7 heteroatoms. The summed E-state index contributed by atoms with van der Waals surface area (Å²) in [5.74, 6) is 8.34. The van der Waals surface area contributed by atoms with E-state index in [9.17, 15) is 9.59 Å². The lowest BCUT2D eigenvalue weighted by molar-refractivity contribution is -0.119.